The minimum Gasteiger partial charge on any atom is -0.508 e. The Hall–Kier alpha value is -5.13. The lowest BCUT2D eigenvalue weighted by molar-refractivity contribution is -0.138. The summed E-state index contributed by atoms with van der Waals surface area (Å²) in [4.78, 5) is 81.4. The highest BCUT2D eigenvalue weighted by molar-refractivity contribution is 7.80. The van der Waals surface area contributed by atoms with Crippen molar-refractivity contribution in [2.24, 2.45) is 11.7 Å². The molecule has 3 aromatic rings. The van der Waals surface area contributed by atoms with Gasteiger partial charge in [0.15, 0.2) is 0 Å². The molecule has 17 heteroatoms. The molecule has 0 aliphatic rings. The molecule has 0 saturated heterocycles. The Kier molecular flexibility index (Phi) is 15.5. The van der Waals surface area contributed by atoms with E-state index in [0.29, 0.717) is 17.5 Å². The van der Waals surface area contributed by atoms with Crippen LogP contribution in [-0.4, -0.2) is 104 Å². The number of carboxylic acid groups (broad SMARTS) is 1. The number of phenols is 1. The molecule has 0 radical (unpaired) electrons. The summed E-state index contributed by atoms with van der Waals surface area (Å²) in [5.74, 6) is -5.78. The molecule has 0 saturated carbocycles. The molecule has 2 aromatic carbocycles. The topological polar surface area (TPSA) is 265 Å². The minimum absolute atomic E-state index is 0.0216. The molecule has 282 valence electrons. The van der Waals surface area contributed by atoms with Crippen molar-refractivity contribution >= 4 is 59.0 Å². The first-order valence-electron chi connectivity index (χ1n) is 16.7. The average molecular weight is 742 g/mol. The normalized spacial score (nSPS) is 15.2. The summed E-state index contributed by atoms with van der Waals surface area (Å²) in [6, 6.07) is 6.81. The first kappa shape index (κ1) is 41.3. The standard InChI is InChI=1S/C35H47N7O9S/c1-4-18(2)29(41-35(51)30(19(3)43)42-31(47)24(36)17-52)34(50)40-26(13-20-9-11-22(44)12-10-20)33(49)39-27(32(48)38-16-28(45)46)14-21-15-37-25-8-6-5-7-23(21)25/h5-12,15,18-19,24,26-27,29-30,37,43-44,52H,4,13-14,16-17,36H2,1-3H3,(H,38,48)(H,39,49)(H,40,50)(H,41,51)(H,42,47)(H,45,46)/t18-,19+,24-,26-,27-,29-,30-/m0/s1. The fourth-order valence-corrected chi connectivity index (χ4v) is 5.49. The minimum atomic E-state index is -1.47. The van der Waals surface area contributed by atoms with Crippen molar-refractivity contribution < 1.29 is 44.1 Å². The number of benzene rings is 2. The van der Waals surface area contributed by atoms with Crippen molar-refractivity contribution in [2.45, 2.75) is 76.3 Å². The van der Waals surface area contributed by atoms with Crippen LogP contribution < -0.4 is 32.3 Å². The van der Waals surface area contributed by atoms with Crippen LogP contribution in [0, 0.1) is 5.92 Å². The summed E-state index contributed by atoms with van der Waals surface area (Å²) in [5.41, 5.74) is 7.69. The molecule has 0 spiro atoms. The Morgan fingerprint density at radius 1 is 0.808 bits per heavy atom. The highest BCUT2D eigenvalue weighted by Gasteiger charge is 2.35. The number of aromatic amines is 1. The number of hydrogen-bond donors (Lipinski definition) is 11. The number of aliphatic hydroxyl groups is 1. The first-order chi connectivity index (χ1) is 24.6. The first-order valence-corrected chi connectivity index (χ1v) is 17.4. The lowest BCUT2D eigenvalue weighted by atomic mass is 9.96. The van der Waals surface area contributed by atoms with Crippen LogP contribution in [0.25, 0.3) is 10.9 Å². The third-order valence-corrected chi connectivity index (χ3v) is 8.94. The molecule has 1 aromatic heterocycles. The second-order valence-electron chi connectivity index (χ2n) is 12.6. The Morgan fingerprint density at radius 3 is 2.02 bits per heavy atom. The zero-order valence-electron chi connectivity index (χ0n) is 29.1. The van der Waals surface area contributed by atoms with Gasteiger partial charge in [-0.1, -0.05) is 50.6 Å². The van der Waals surface area contributed by atoms with E-state index in [1.807, 2.05) is 24.3 Å². The molecule has 0 bridgehead atoms. The van der Waals surface area contributed by atoms with Crippen molar-refractivity contribution in [3.05, 3.63) is 65.9 Å². The number of hydrogen-bond acceptors (Lipinski definition) is 10. The summed E-state index contributed by atoms with van der Waals surface area (Å²) in [6.45, 7) is 4.06. The largest absolute Gasteiger partial charge is 0.508 e. The molecule has 0 unspecified atom stereocenters. The number of phenolic OH excluding ortho intramolecular Hbond substituents is 1. The van der Waals surface area contributed by atoms with Crippen LogP contribution in [-0.2, 0) is 41.6 Å². The number of rotatable bonds is 19. The summed E-state index contributed by atoms with van der Waals surface area (Å²) >= 11 is 3.98. The fourth-order valence-electron chi connectivity index (χ4n) is 5.32. The maximum absolute atomic E-state index is 14.0. The molecule has 16 nitrogen and oxygen atoms in total. The number of carboxylic acids is 1. The molecule has 0 aliphatic heterocycles. The molecule has 52 heavy (non-hydrogen) atoms. The van der Waals surface area contributed by atoms with E-state index in [1.165, 1.54) is 19.1 Å². The van der Waals surface area contributed by atoms with Crippen LogP contribution in [0.15, 0.2) is 54.7 Å². The number of carbonyl (C=O) groups excluding carboxylic acids is 5. The van der Waals surface area contributed by atoms with Crippen LogP contribution in [0.1, 0.15) is 38.3 Å². The Balaban J connectivity index is 1.92. The number of amides is 5. The van der Waals surface area contributed by atoms with E-state index >= 15 is 0 Å². The number of nitrogens with one attached hydrogen (secondary N) is 6. The smallest absolute Gasteiger partial charge is 0.322 e. The number of H-pyrrole nitrogens is 1. The van der Waals surface area contributed by atoms with E-state index in [1.54, 1.807) is 32.2 Å². The van der Waals surface area contributed by atoms with E-state index in [4.69, 9.17) is 5.73 Å². The second-order valence-corrected chi connectivity index (χ2v) is 12.9. The van der Waals surface area contributed by atoms with Gasteiger partial charge in [-0.2, -0.15) is 12.6 Å². The SMILES string of the molecule is CC[C@H](C)[C@H](NC(=O)[C@@H](NC(=O)[C@@H](N)CS)[C@@H](C)O)C(=O)N[C@@H](Cc1ccc(O)cc1)C(=O)N[C@@H](Cc1c[nH]c2ccccc12)C(=O)NCC(=O)O. The van der Waals surface area contributed by atoms with E-state index < -0.39 is 84.3 Å². The van der Waals surface area contributed by atoms with Gasteiger partial charge in [-0.3, -0.25) is 28.8 Å². The Bertz CT molecular complexity index is 1720. The van der Waals surface area contributed by atoms with Gasteiger partial charge in [-0.15, -0.1) is 0 Å². The molecule has 11 N–H and O–H groups in total. The maximum atomic E-state index is 14.0. The monoisotopic (exact) mass is 741 g/mol. The molecule has 3 rings (SSSR count). The van der Waals surface area contributed by atoms with Crippen LogP contribution in [0.5, 0.6) is 5.75 Å². The molecular weight excluding hydrogens is 694 g/mol. The van der Waals surface area contributed by atoms with Gasteiger partial charge in [0.1, 0.15) is 36.5 Å². The molecule has 0 fully saturated rings. The van der Waals surface area contributed by atoms with Crippen molar-refractivity contribution in [2.75, 3.05) is 12.3 Å². The van der Waals surface area contributed by atoms with Gasteiger partial charge in [0.25, 0.3) is 0 Å². The van der Waals surface area contributed by atoms with Gasteiger partial charge in [0.2, 0.25) is 29.5 Å². The van der Waals surface area contributed by atoms with E-state index in [0.717, 1.165) is 10.9 Å². The van der Waals surface area contributed by atoms with E-state index in [9.17, 15) is 44.1 Å². The van der Waals surface area contributed by atoms with Crippen molar-refractivity contribution in [1.82, 2.24) is 31.6 Å². The number of aromatic hydroxyl groups is 1. The number of aliphatic hydroxyl groups excluding tert-OH is 1. The van der Waals surface area contributed by atoms with Crippen LogP contribution in [0.3, 0.4) is 0 Å². The highest BCUT2D eigenvalue weighted by atomic mass is 32.1. The third-order valence-electron chi connectivity index (χ3n) is 8.54. The van der Waals surface area contributed by atoms with E-state index in [2.05, 4.69) is 44.2 Å². The average Bonchev–Trinajstić information content (AvgIpc) is 3.53. The summed E-state index contributed by atoms with van der Waals surface area (Å²) in [5, 5.41) is 42.7. The van der Waals surface area contributed by atoms with Gasteiger partial charge in [0, 0.05) is 35.7 Å². The predicted molar refractivity (Wildman–Crippen MR) is 195 cm³/mol. The number of thiol groups is 1. The zero-order chi connectivity index (χ0) is 38.5. The lowest BCUT2D eigenvalue weighted by Crippen LogP contribution is -2.62. The zero-order valence-corrected chi connectivity index (χ0v) is 30.0. The van der Waals surface area contributed by atoms with Gasteiger partial charge < -0.3 is 52.6 Å². The Labute approximate surface area is 306 Å². The molecule has 7 atom stereocenters. The van der Waals surface area contributed by atoms with Crippen molar-refractivity contribution in [1.29, 1.82) is 0 Å². The quantitative estimate of drug-likeness (QED) is 0.0701. The van der Waals surface area contributed by atoms with Crippen LogP contribution in [0.4, 0.5) is 0 Å². The third kappa shape index (κ3) is 11.7. The summed E-state index contributed by atoms with van der Waals surface area (Å²) in [6.07, 6.45) is 0.573. The molecule has 5 amide bonds. The number of para-hydroxylation sites is 1. The number of nitrogens with two attached hydrogens (primary N) is 1. The maximum Gasteiger partial charge on any atom is 0.322 e. The van der Waals surface area contributed by atoms with Gasteiger partial charge in [0.05, 0.1) is 12.1 Å². The predicted octanol–water partition coefficient (Wildman–Crippen LogP) is -0.517. The highest BCUT2D eigenvalue weighted by Crippen LogP contribution is 2.20. The van der Waals surface area contributed by atoms with E-state index in [-0.39, 0.29) is 24.3 Å². The number of carbonyl (C=O) groups is 6. The van der Waals surface area contributed by atoms with Gasteiger partial charge in [-0.05, 0) is 42.2 Å². The van der Waals surface area contributed by atoms with Crippen LogP contribution >= 0.6 is 12.6 Å². The number of aliphatic carboxylic acids is 1. The van der Waals surface area contributed by atoms with Gasteiger partial charge in [-0.25, -0.2) is 0 Å². The molecule has 1 heterocycles. The second kappa shape index (κ2) is 19.5. The van der Waals surface area contributed by atoms with Crippen molar-refractivity contribution in [3.63, 3.8) is 0 Å². The van der Waals surface area contributed by atoms with Crippen LogP contribution in [0.2, 0.25) is 0 Å². The van der Waals surface area contributed by atoms with Crippen molar-refractivity contribution in [3.8, 4) is 5.75 Å². The fraction of sp³-hybridized carbons (Fsp3) is 0.429. The molecular formula is C35H47N7O9S. The Morgan fingerprint density at radius 2 is 1.40 bits per heavy atom. The molecule has 0 aliphatic carbocycles. The lowest BCUT2D eigenvalue weighted by Gasteiger charge is -2.30. The summed E-state index contributed by atoms with van der Waals surface area (Å²) in [7, 11) is 0. The van der Waals surface area contributed by atoms with Gasteiger partial charge >= 0.3 is 5.97 Å². The summed E-state index contributed by atoms with van der Waals surface area (Å²) < 4.78 is 0. The number of aromatic nitrogens is 1. The number of fused-ring (bicyclic) bond motifs is 1.